The van der Waals surface area contributed by atoms with Gasteiger partial charge in [-0.25, -0.2) is 13.1 Å². The summed E-state index contributed by atoms with van der Waals surface area (Å²) in [6.45, 7) is 2.05. The Hall–Kier alpha value is -2.12. The molecule has 21 heavy (non-hydrogen) atoms. The van der Waals surface area contributed by atoms with Gasteiger partial charge in [-0.05, 0) is 38.2 Å². The zero-order valence-corrected chi connectivity index (χ0v) is 12.6. The highest BCUT2D eigenvalue weighted by Gasteiger charge is 2.16. The second kappa shape index (κ2) is 6.11. The molecule has 1 heterocycles. The molecule has 2 aromatic rings. The first-order valence-corrected chi connectivity index (χ1v) is 7.84. The van der Waals surface area contributed by atoms with Crippen molar-refractivity contribution in [2.24, 2.45) is 0 Å². The number of nitrogens with one attached hydrogen (secondary N) is 2. The number of rotatable bonds is 5. The van der Waals surface area contributed by atoms with E-state index in [0.717, 1.165) is 5.69 Å². The summed E-state index contributed by atoms with van der Waals surface area (Å²) >= 11 is 0. The molecule has 0 saturated carbocycles. The molecule has 112 valence electrons. The molecule has 1 aromatic heterocycles. The Kier molecular flexibility index (Phi) is 4.44. The van der Waals surface area contributed by atoms with E-state index in [9.17, 15) is 13.5 Å². The molecule has 0 aliphatic rings. The van der Waals surface area contributed by atoms with Crippen LogP contribution in [-0.4, -0.2) is 25.6 Å². The fraction of sp³-hybridized carbons (Fsp3) is 0.214. The lowest BCUT2D eigenvalue weighted by Gasteiger charge is -2.12. The minimum absolute atomic E-state index is 0.0713. The van der Waals surface area contributed by atoms with Crippen molar-refractivity contribution in [2.45, 2.75) is 18.4 Å². The van der Waals surface area contributed by atoms with Gasteiger partial charge in [0, 0.05) is 5.69 Å². The Morgan fingerprint density at radius 3 is 2.62 bits per heavy atom. The first kappa shape index (κ1) is 15.3. The average molecular weight is 307 g/mol. The van der Waals surface area contributed by atoms with Gasteiger partial charge >= 0.3 is 0 Å². The molecule has 3 N–H and O–H groups in total. The third-order valence-corrected chi connectivity index (χ3v) is 4.45. The highest BCUT2D eigenvalue weighted by atomic mass is 32.2. The van der Waals surface area contributed by atoms with Crippen molar-refractivity contribution in [3.8, 4) is 5.75 Å². The summed E-state index contributed by atoms with van der Waals surface area (Å²) in [5.74, 6) is 0.0713. The zero-order valence-electron chi connectivity index (χ0n) is 11.8. The van der Waals surface area contributed by atoms with Gasteiger partial charge in [0.15, 0.2) is 0 Å². The number of aromatic nitrogens is 1. The number of hydrogen-bond donors (Lipinski definition) is 3. The lowest BCUT2D eigenvalue weighted by molar-refractivity contribution is 0.464. The highest BCUT2D eigenvalue weighted by molar-refractivity contribution is 7.89. The smallest absolute Gasteiger partial charge is 0.242 e. The molecule has 0 saturated heterocycles. The third-order valence-electron chi connectivity index (χ3n) is 2.98. The quantitative estimate of drug-likeness (QED) is 0.780. The average Bonchev–Trinajstić information content (AvgIpc) is 2.48. The monoisotopic (exact) mass is 307 g/mol. The Balaban J connectivity index is 2.27. The van der Waals surface area contributed by atoms with E-state index in [1.54, 1.807) is 30.3 Å². The number of sulfonamides is 1. The molecular weight excluding hydrogens is 290 g/mol. The van der Waals surface area contributed by atoms with Gasteiger partial charge in [-0.15, -0.1) is 0 Å². The van der Waals surface area contributed by atoms with Crippen LogP contribution in [0.15, 0.2) is 41.3 Å². The maximum Gasteiger partial charge on any atom is 0.242 e. The molecule has 2 rings (SSSR count). The first-order chi connectivity index (χ1) is 9.94. The van der Waals surface area contributed by atoms with E-state index in [-0.39, 0.29) is 17.2 Å². The molecule has 0 aliphatic carbocycles. The topological polar surface area (TPSA) is 91.3 Å². The van der Waals surface area contributed by atoms with Crippen LogP contribution in [0.4, 0.5) is 5.69 Å². The molecule has 1 aromatic carbocycles. The van der Waals surface area contributed by atoms with Crippen LogP contribution < -0.4 is 10.0 Å². The van der Waals surface area contributed by atoms with Crippen molar-refractivity contribution >= 4 is 15.7 Å². The van der Waals surface area contributed by atoms with Gasteiger partial charge in [0.1, 0.15) is 16.3 Å². The van der Waals surface area contributed by atoms with Gasteiger partial charge in [-0.3, -0.25) is 4.98 Å². The van der Waals surface area contributed by atoms with Crippen molar-refractivity contribution in [1.82, 2.24) is 9.71 Å². The molecule has 0 radical (unpaired) electrons. The van der Waals surface area contributed by atoms with Crippen LogP contribution in [-0.2, 0) is 16.6 Å². The Morgan fingerprint density at radius 1 is 1.19 bits per heavy atom. The zero-order chi connectivity index (χ0) is 15.5. The number of aryl methyl sites for hydroxylation is 1. The molecule has 6 nitrogen and oxygen atoms in total. The molecule has 0 unspecified atom stereocenters. The molecule has 0 fully saturated rings. The Morgan fingerprint density at radius 2 is 1.90 bits per heavy atom. The van der Waals surface area contributed by atoms with E-state index in [0.29, 0.717) is 11.4 Å². The Bertz CT molecular complexity index is 745. The van der Waals surface area contributed by atoms with E-state index in [1.807, 2.05) is 6.92 Å². The van der Waals surface area contributed by atoms with Crippen LogP contribution in [0, 0.1) is 6.92 Å². The summed E-state index contributed by atoms with van der Waals surface area (Å²) in [6.07, 6.45) is 0. The number of pyridine rings is 1. The number of benzene rings is 1. The standard InChI is InChI=1S/C14H17N3O3S/c1-10-7-8-13(18)12(17-10)9-16-11-5-3-4-6-14(11)21(19,20)15-2/h3-8,15-16,18H,9H2,1-2H3. The number of para-hydroxylation sites is 1. The van der Waals surface area contributed by atoms with Crippen LogP contribution in [0.2, 0.25) is 0 Å². The van der Waals surface area contributed by atoms with Gasteiger partial charge in [-0.2, -0.15) is 0 Å². The highest BCUT2D eigenvalue weighted by Crippen LogP contribution is 2.22. The second-order valence-corrected chi connectivity index (χ2v) is 6.33. The summed E-state index contributed by atoms with van der Waals surface area (Å²) in [6, 6.07) is 9.83. The third kappa shape index (κ3) is 3.50. The fourth-order valence-electron chi connectivity index (χ4n) is 1.87. The van der Waals surface area contributed by atoms with Crippen molar-refractivity contribution in [3.05, 3.63) is 47.8 Å². The number of anilines is 1. The van der Waals surface area contributed by atoms with Crippen LogP contribution in [0.3, 0.4) is 0 Å². The predicted molar refractivity (Wildman–Crippen MR) is 80.7 cm³/mol. The molecule has 0 aliphatic heterocycles. The fourth-order valence-corrected chi connectivity index (χ4v) is 2.78. The lowest BCUT2D eigenvalue weighted by Crippen LogP contribution is -2.20. The molecule has 7 heteroatoms. The van der Waals surface area contributed by atoms with Crippen molar-refractivity contribution in [3.63, 3.8) is 0 Å². The van der Waals surface area contributed by atoms with E-state index >= 15 is 0 Å². The van der Waals surface area contributed by atoms with E-state index < -0.39 is 10.0 Å². The van der Waals surface area contributed by atoms with Crippen molar-refractivity contribution in [1.29, 1.82) is 0 Å². The van der Waals surface area contributed by atoms with Gasteiger partial charge in [-0.1, -0.05) is 12.1 Å². The van der Waals surface area contributed by atoms with Gasteiger partial charge in [0.25, 0.3) is 0 Å². The first-order valence-electron chi connectivity index (χ1n) is 6.36. The molecule has 0 spiro atoms. The van der Waals surface area contributed by atoms with E-state index in [2.05, 4.69) is 15.0 Å². The number of aromatic hydroxyl groups is 1. The maximum absolute atomic E-state index is 11.9. The SMILES string of the molecule is CNS(=O)(=O)c1ccccc1NCc1nc(C)ccc1O. The van der Waals surface area contributed by atoms with Gasteiger partial charge in [0.2, 0.25) is 10.0 Å². The molecular formula is C14H17N3O3S. The molecule has 0 bridgehead atoms. The van der Waals surface area contributed by atoms with Crippen LogP contribution in [0.1, 0.15) is 11.4 Å². The van der Waals surface area contributed by atoms with Crippen molar-refractivity contribution < 1.29 is 13.5 Å². The maximum atomic E-state index is 11.9. The Labute approximate surface area is 123 Å². The molecule has 0 atom stereocenters. The minimum atomic E-state index is -3.55. The summed E-state index contributed by atoms with van der Waals surface area (Å²) in [5, 5.41) is 12.8. The van der Waals surface area contributed by atoms with Gasteiger partial charge in [0.05, 0.1) is 12.2 Å². The minimum Gasteiger partial charge on any atom is -0.506 e. The lowest BCUT2D eigenvalue weighted by atomic mass is 10.2. The normalized spacial score (nSPS) is 11.3. The van der Waals surface area contributed by atoms with Crippen LogP contribution in [0.5, 0.6) is 5.75 Å². The van der Waals surface area contributed by atoms with Crippen molar-refractivity contribution in [2.75, 3.05) is 12.4 Å². The summed E-state index contributed by atoms with van der Waals surface area (Å²) < 4.78 is 26.2. The van der Waals surface area contributed by atoms with Crippen LogP contribution >= 0.6 is 0 Å². The van der Waals surface area contributed by atoms with Gasteiger partial charge < -0.3 is 10.4 Å². The van der Waals surface area contributed by atoms with E-state index in [4.69, 9.17) is 0 Å². The summed E-state index contributed by atoms with van der Waals surface area (Å²) in [4.78, 5) is 4.37. The van der Waals surface area contributed by atoms with E-state index in [1.165, 1.54) is 13.1 Å². The molecule has 0 amide bonds. The second-order valence-electron chi connectivity index (χ2n) is 4.48. The number of hydrogen-bond acceptors (Lipinski definition) is 5. The predicted octanol–water partition coefficient (Wildman–Crippen LogP) is 1.62. The summed E-state index contributed by atoms with van der Waals surface area (Å²) in [7, 11) is -2.19. The summed E-state index contributed by atoms with van der Waals surface area (Å²) in [5.41, 5.74) is 1.70. The largest absolute Gasteiger partial charge is 0.506 e. The number of nitrogens with zero attached hydrogens (tertiary/aromatic N) is 1. The van der Waals surface area contributed by atoms with Crippen LogP contribution in [0.25, 0.3) is 0 Å².